The summed E-state index contributed by atoms with van der Waals surface area (Å²) in [7, 11) is 1.33. The number of benzene rings is 3. The zero-order valence-corrected chi connectivity index (χ0v) is 23.4. The maximum atomic E-state index is 13.3. The van der Waals surface area contributed by atoms with E-state index < -0.39 is 12.0 Å². The van der Waals surface area contributed by atoms with Crippen molar-refractivity contribution in [1.29, 1.82) is 0 Å². The molecule has 1 aliphatic rings. The van der Waals surface area contributed by atoms with Crippen LogP contribution in [0.5, 0.6) is 5.75 Å². The molecule has 1 N–H and O–H groups in total. The molecule has 1 heterocycles. The molecule has 0 spiro atoms. The highest BCUT2D eigenvalue weighted by molar-refractivity contribution is 6.33. The molecule has 7 nitrogen and oxygen atoms in total. The monoisotopic (exact) mass is 548 g/mol. The quantitative estimate of drug-likeness (QED) is 0.228. The largest absolute Gasteiger partial charge is 0.494 e. The molecule has 0 aromatic heterocycles. The van der Waals surface area contributed by atoms with Gasteiger partial charge in [-0.15, -0.1) is 0 Å². The number of fused-ring (bicyclic) bond motifs is 1. The molecule has 0 saturated heterocycles. The van der Waals surface area contributed by atoms with Crippen molar-refractivity contribution < 1.29 is 23.9 Å². The zero-order chi connectivity index (χ0) is 28.1. The third kappa shape index (κ3) is 6.25. The fourth-order valence-electron chi connectivity index (χ4n) is 4.66. The fraction of sp³-hybridized carbons (Fsp3) is 0.323. The number of amides is 2. The highest BCUT2D eigenvalue weighted by Gasteiger charge is 2.38. The Morgan fingerprint density at radius 1 is 1.03 bits per heavy atom. The molecule has 0 saturated carbocycles. The molecule has 1 unspecified atom stereocenters. The molecule has 3 aromatic rings. The minimum absolute atomic E-state index is 0.0931. The summed E-state index contributed by atoms with van der Waals surface area (Å²) < 4.78 is 10.6. The SMILES string of the molecule is CCCCOc1ccc(C(=O)Nc2ccc(-c3ccc4c(c3)C(=O)N(C(C(=O)OC)C(C)C)C4)c(Cl)c2)cc1. The summed E-state index contributed by atoms with van der Waals surface area (Å²) in [6.07, 6.45) is 2.04. The van der Waals surface area contributed by atoms with Gasteiger partial charge in [0.2, 0.25) is 0 Å². The second-order valence-electron chi connectivity index (χ2n) is 9.89. The van der Waals surface area contributed by atoms with Crippen LogP contribution in [0.25, 0.3) is 11.1 Å². The van der Waals surface area contributed by atoms with Crippen molar-refractivity contribution >= 4 is 35.1 Å². The maximum Gasteiger partial charge on any atom is 0.328 e. The fourth-order valence-corrected chi connectivity index (χ4v) is 4.95. The van der Waals surface area contributed by atoms with Crippen LogP contribution in [-0.4, -0.2) is 42.4 Å². The number of hydrogen-bond donors (Lipinski definition) is 1. The minimum atomic E-state index is -0.658. The highest BCUT2D eigenvalue weighted by Crippen LogP contribution is 2.35. The molecular weight excluding hydrogens is 516 g/mol. The molecule has 2 amide bonds. The van der Waals surface area contributed by atoms with Gasteiger partial charge in [0.1, 0.15) is 11.8 Å². The number of esters is 1. The number of carbonyl (C=O) groups excluding carboxylic acids is 3. The maximum absolute atomic E-state index is 13.3. The third-order valence-corrected chi connectivity index (χ3v) is 7.09. The Morgan fingerprint density at radius 3 is 2.41 bits per heavy atom. The lowest BCUT2D eigenvalue weighted by molar-refractivity contribution is -0.147. The van der Waals surface area contributed by atoms with Crippen molar-refractivity contribution in [1.82, 2.24) is 4.90 Å². The van der Waals surface area contributed by atoms with E-state index in [0.29, 0.717) is 35.0 Å². The van der Waals surface area contributed by atoms with Gasteiger partial charge in [0.05, 0.1) is 18.7 Å². The summed E-state index contributed by atoms with van der Waals surface area (Å²) in [5, 5.41) is 3.31. The minimum Gasteiger partial charge on any atom is -0.494 e. The van der Waals surface area contributed by atoms with E-state index in [1.54, 1.807) is 47.4 Å². The van der Waals surface area contributed by atoms with E-state index in [4.69, 9.17) is 21.1 Å². The topological polar surface area (TPSA) is 84.9 Å². The molecule has 204 valence electrons. The average Bonchev–Trinajstić information content (AvgIpc) is 3.24. The number of halogens is 1. The van der Waals surface area contributed by atoms with E-state index in [0.717, 1.165) is 35.3 Å². The molecule has 4 rings (SSSR count). The molecule has 0 fully saturated rings. The van der Waals surface area contributed by atoms with Gasteiger partial charge in [0, 0.05) is 28.9 Å². The van der Waals surface area contributed by atoms with Gasteiger partial charge >= 0.3 is 5.97 Å². The summed E-state index contributed by atoms with van der Waals surface area (Å²) in [6.45, 7) is 6.88. The molecule has 3 aromatic carbocycles. The van der Waals surface area contributed by atoms with Gasteiger partial charge in [-0.3, -0.25) is 9.59 Å². The van der Waals surface area contributed by atoms with Crippen molar-refractivity contribution in [2.24, 2.45) is 5.92 Å². The van der Waals surface area contributed by atoms with Gasteiger partial charge in [-0.2, -0.15) is 0 Å². The lowest BCUT2D eigenvalue weighted by atomic mass is 10.00. The van der Waals surface area contributed by atoms with Crippen LogP contribution in [0.4, 0.5) is 5.69 Å². The number of nitrogens with zero attached hydrogens (tertiary/aromatic N) is 1. The van der Waals surface area contributed by atoms with Crippen LogP contribution < -0.4 is 10.1 Å². The van der Waals surface area contributed by atoms with E-state index in [2.05, 4.69) is 12.2 Å². The molecule has 39 heavy (non-hydrogen) atoms. The van der Waals surface area contributed by atoms with Crippen LogP contribution in [0.15, 0.2) is 60.7 Å². The number of ether oxygens (including phenoxy) is 2. The number of carbonyl (C=O) groups is 3. The van der Waals surface area contributed by atoms with E-state index in [-0.39, 0.29) is 17.7 Å². The lowest BCUT2D eigenvalue weighted by Crippen LogP contribution is -2.45. The van der Waals surface area contributed by atoms with E-state index in [1.807, 2.05) is 32.0 Å². The van der Waals surface area contributed by atoms with Crippen molar-refractivity contribution in [2.45, 2.75) is 46.2 Å². The van der Waals surface area contributed by atoms with Crippen molar-refractivity contribution in [3.63, 3.8) is 0 Å². The van der Waals surface area contributed by atoms with Gasteiger partial charge < -0.3 is 19.7 Å². The Labute approximate surface area is 234 Å². The average molecular weight is 549 g/mol. The first-order chi connectivity index (χ1) is 18.7. The number of methoxy groups -OCH3 is 1. The van der Waals surface area contributed by atoms with Crippen molar-refractivity contribution in [3.05, 3.63) is 82.4 Å². The number of nitrogens with one attached hydrogen (secondary N) is 1. The zero-order valence-electron chi connectivity index (χ0n) is 22.6. The van der Waals surface area contributed by atoms with Crippen LogP contribution in [-0.2, 0) is 16.1 Å². The van der Waals surface area contributed by atoms with E-state index in [9.17, 15) is 14.4 Å². The Kier molecular flexibility index (Phi) is 8.92. The molecule has 0 aliphatic carbocycles. The van der Waals surface area contributed by atoms with Crippen LogP contribution in [0.2, 0.25) is 5.02 Å². The predicted molar refractivity (Wildman–Crippen MR) is 152 cm³/mol. The molecule has 1 aliphatic heterocycles. The standard InChI is InChI=1S/C31H33ClN2O5/c1-5-6-15-39-24-12-9-20(10-13-24)29(35)33-23-11-14-25(27(32)17-23)21-7-8-22-18-34(30(36)26(22)16-21)28(19(2)3)31(37)38-4/h7-14,16-17,19,28H,5-6,15,18H2,1-4H3,(H,33,35). The summed E-state index contributed by atoms with van der Waals surface area (Å²) in [4.78, 5) is 39.9. The Hall–Kier alpha value is -3.84. The summed E-state index contributed by atoms with van der Waals surface area (Å²) >= 11 is 6.62. The number of unbranched alkanes of at least 4 members (excludes halogenated alkanes) is 1. The van der Waals surface area contributed by atoms with Crippen LogP contribution in [0.1, 0.15) is 59.9 Å². The first-order valence-electron chi connectivity index (χ1n) is 13.1. The molecule has 0 radical (unpaired) electrons. The molecule has 0 bridgehead atoms. The van der Waals surface area contributed by atoms with E-state index >= 15 is 0 Å². The Bertz CT molecular complexity index is 1370. The van der Waals surface area contributed by atoms with Crippen molar-refractivity contribution in [2.75, 3.05) is 19.0 Å². The van der Waals surface area contributed by atoms with E-state index in [1.165, 1.54) is 7.11 Å². The normalized spacial score (nSPS) is 13.3. The second kappa shape index (κ2) is 12.3. The molecule has 8 heteroatoms. The summed E-state index contributed by atoms with van der Waals surface area (Å²) in [5.41, 5.74) is 3.94. The highest BCUT2D eigenvalue weighted by atomic mass is 35.5. The van der Waals surface area contributed by atoms with Gasteiger partial charge in [0.15, 0.2) is 0 Å². The first-order valence-corrected chi connectivity index (χ1v) is 13.5. The van der Waals surface area contributed by atoms with Crippen LogP contribution in [0, 0.1) is 5.92 Å². The Balaban J connectivity index is 1.48. The number of rotatable bonds is 10. The first kappa shape index (κ1) is 28.2. The smallest absolute Gasteiger partial charge is 0.328 e. The van der Waals surface area contributed by atoms with Gasteiger partial charge in [-0.05, 0) is 65.9 Å². The number of hydrogen-bond acceptors (Lipinski definition) is 5. The predicted octanol–water partition coefficient (Wildman–Crippen LogP) is 6.59. The Morgan fingerprint density at radius 2 is 1.77 bits per heavy atom. The van der Waals surface area contributed by atoms with Gasteiger partial charge in [0.25, 0.3) is 11.8 Å². The summed E-state index contributed by atoms with van der Waals surface area (Å²) in [6, 6.07) is 17.2. The van der Waals surface area contributed by atoms with Gasteiger partial charge in [-0.25, -0.2) is 4.79 Å². The summed E-state index contributed by atoms with van der Waals surface area (Å²) in [5.74, 6) is -0.258. The third-order valence-electron chi connectivity index (χ3n) is 6.77. The molecule has 1 atom stereocenters. The van der Waals surface area contributed by atoms with Crippen LogP contribution in [0.3, 0.4) is 0 Å². The second-order valence-corrected chi connectivity index (χ2v) is 10.3. The van der Waals surface area contributed by atoms with Crippen LogP contribution >= 0.6 is 11.6 Å². The lowest BCUT2D eigenvalue weighted by Gasteiger charge is -2.28. The molecular formula is C31H33ClN2O5. The van der Waals surface area contributed by atoms with Gasteiger partial charge in [-0.1, -0.05) is 57.0 Å². The number of anilines is 1. The van der Waals surface area contributed by atoms with Crippen molar-refractivity contribution in [3.8, 4) is 16.9 Å².